The standard InChI is InChI=1S/C24H32N6O4S/c1-27(2)33-34-35-18-6-7-19-15(10-18)5-8-21(19)30-17-11-22(24(30)32)28(13-17)14-20(26)23(31)29-9-3-4-16(29)12-25/h6-7,10,16-17,20-22H,3-5,8-9,11,13-14,26H2,1-2H3/t16-,17-,20-,21-,22-/m0/s1. The molecular weight excluding hydrogens is 468 g/mol. The lowest BCUT2D eigenvalue weighted by atomic mass is 10.1. The van der Waals surface area contributed by atoms with E-state index in [9.17, 15) is 14.9 Å². The largest absolute Gasteiger partial charge is 0.330 e. The van der Waals surface area contributed by atoms with Gasteiger partial charge in [0.05, 0.1) is 36.2 Å². The van der Waals surface area contributed by atoms with Crippen LogP contribution >= 0.6 is 12.0 Å². The summed E-state index contributed by atoms with van der Waals surface area (Å²) in [5.74, 6) is -0.0459. The van der Waals surface area contributed by atoms with Crippen molar-refractivity contribution in [2.45, 2.75) is 67.2 Å². The van der Waals surface area contributed by atoms with Crippen molar-refractivity contribution in [2.75, 3.05) is 33.7 Å². The fourth-order valence-corrected chi connectivity index (χ4v) is 6.58. The number of nitrogens with two attached hydrogens (primary N) is 1. The van der Waals surface area contributed by atoms with Crippen LogP contribution in [0, 0.1) is 11.3 Å². The van der Waals surface area contributed by atoms with Crippen LogP contribution in [0.15, 0.2) is 23.1 Å². The minimum absolute atomic E-state index is 0.0870. The van der Waals surface area contributed by atoms with Gasteiger partial charge >= 0.3 is 0 Å². The van der Waals surface area contributed by atoms with Gasteiger partial charge in [-0.2, -0.15) is 10.3 Å². The van der Waals surface area contributed by atoms with Crippen molar-refractivity contribution in [2.24, 2.45) is 5.73 Å². The first-order valence-corrected chi connectivity index (χ1v) is 12.9. The molecule has 0 saturated carbocycles. The Morgan fingerprint density at radius 2 is 2.17 bits per heavy atom. The lowest BCUT2D eigenvalue weighted by Crippen LogP contribution is -2.56. The van der Waals surface area contributed by atoms with E-state index < -0.39 is 6.04 Å². The molecule has 10 nitrogen and oxygen atoms in total. The fraction of sp³-hybridized carbons (Fsp3) is 0.625. The Kier molecular flexibility index (Phi) is 7.03. The second kappa shape index (κ2) is 10.0. The van der Waals surface area contributed by atoms with E-state index in [1.807, 2.05) is 6.07 Å². The molecule has 35 heavy (non-hydrogen) atoms. The maximum atomic E-state index is 13.4. The number of benzene rings is 1. The summed E-state index contributed by atoms with van der Waals surface area (Å²) in [4.78, 5) is 38.0. The van der Waals surface area contributed by atoms with Gasteiger partial charge < -0.3 is 15.5 Å². The van der Waals surface area contributed by atoms with Crippen LogP contribution < -0.4 is 5.73 Å². The molecule has 4 aliphatic rings. The number of likely N-dealkylation sites (tertiary alicyclic amines) is 3. The summed E-state index contributed by atoms with van der Waals surface area (Å²) in [7, 11) is 3.50. The number of piperazine rings is 1. The van der Waals surface area contributed by atoms with Gasteiger partial charge in [0.15, 0.2) is 0 Å². The lowest BCUT2D eigenvalue weighted by Gasteiger charge is -2.38. The average Bonchev–Trinajstić information content (AvgIpc) is 3.61. The molecule has 188 valence electrons. The van der Waals surface area contributed by atoms with Crippen LogP contribution in [0.3, 0.4) is 0 Å². The number of amides is 2. The van der Waals surface area contributed by atoms with E-state index in [1.165, 1.54) is 28.2 Å². The van der Waals surface area contributed by atoms with Crippen molar-refractivity contribution in [1.82, 2.24) is 19.8 Å². The van der Waals surface area contributed by atoms with Crippen LogP contribution in [-0.4, -0.2) is 89.5 Å². The fourth-order valence-electron chi connectivity index (χ4n) is 6.04. The number of carbonyl (C=O) groups excluding carboxylic acids is 2. The Balaban J connectivity index is 1.20. The van der Waals surface area contributed by atoms with E-state index in [0.717, 1.165) is 37.1 Å². The first-order chi connectivity index (χ1) is 16.9. The van der Waals surface area contributed by atoms with E-state index >= 15 is 0 Å². The summed E-state index contributed by atoms with van der Waals surface area (Å²) in [5, 5.41) is 10.8. The van der Waals surface area contributed by atoms with Crippen LogP contribution in [0.4, 0.5) is 0 Å². The molecule has 0 aromatic heterocycles. The molecule has 3 fully saturated rings. The Hall–Kier alpha value is -2.20. The summed E-state index contributed by atoms with van der Waals surface area (Å²) in [6.07, 6.45) is 4.15. The molecule has 5 atom stereocenters. The van der Waals surface area contributed by atoms with Crippen LogP contribution in [0.1, 0.15) is 42.9 Å². The zero-order valence-corrected chi connectivity index (χ0v) is 20.9. The van der Waals surface area contributed by atoms with E-state index in [2.05, 4.69) is 28.0 Å². The van der Waals surface area contributed by atoms with Gasteiger partial charge in [-0.3, -0.25) is 14.5 Å². The van der Waals surface area contributed by atoms with Crippen LogP contribution in [0.25, 0.3) is 0 Å². The predicted octanol–water partition coefficient (Wildman–Crippen LogP) is 1.23. The molecule has 0 spiro atoms. The van der Waals surface area contributed by atoms with Gasteiger partial charge in [0, 0.05) is 44.7 Å². The second-order valence-electron chi connectivity index (χ2n) is 9.98. The molecule has 0 unspecified atom stereocenters. The Morgan fingerprint density at radius 3 is 2.91 bits per heavy atom. The summed E-state index contributed by atoms with van der Waals surface area (Å²) in [6.45, 7) is 1.67. The van der Waals surface area contributed by atoms with Crippen molar-refractivity contribution in [3.05, 3.63) is 29.3 Å². The third kappa shape index (κ3) is 4.67. The summed E-state index contributed by atoms with van der Waals surface area (Å²) in [6, 6.07) is 7.32. The highest BCUT2D eigenvalue weighted by atomic mass is 32.2. The molecule has 5 rings (SSSR count). The summed E-state index contributed by atoms with van der Waals surface area (Å²) < 4.78 is 5.15. The smallest absolute Gasteiger partial charge is 0.241 e. The average molecular weight is 501 g/mol. The number of hydroxylamine groups is 2. The van der Waals surface area contributed by atoms with E-state index in [0.29, 0.717) is 19.5 Å². The molecule has 1 aromatic carbocycles. The molecule has 1 aromatic rings. The number of fused-ring (bicyclic) bond motifs is 3. The highest BCUT2D eigenvalue weighted by Gasteiger charge is 2.53. The molecule has 3 saturated heterocycles. The Bertz CT molecular complexity index is 1030. The molecular formula is C24H32N6O4S. The third-order valence-corrected chi connectivity index (χ3v) is 8.13. The highest BCUT2D eigenvalue weighted by Crippen LogP contribution is 2.44. The second-order valence-corrected chi connectivity index (χ2v) is 10.8. The van der Waals surface area contributed by atoms with E-state index in [4.69, 9.17) is 15.1 Å². The zero-order chi connectivity index (χ0) is 24.7. The van der Waals surface area contributed by atoms with Crippen molar-refractivity contribution in [3.8, 4) is 6.07 Å². The minimum atomic E-state index is -0.716. The van der Waals surface area contributed by atoms with Gasteiger partial charge in [-0.15, -0.1) is 9.32 Å². The number of rotatable bonds is 8. The van der Waals surface area contributed by atoms with Gasteiger partial charge in [0.25, 0.3) is 0 Å². The summed E-state index contributed by atoms with van der Waals surface area (Å²) in [5.41, 5.74) is 8.71. The minimum Gasteiger partial charge on any atom is -0.330 e. The monoisotopic (exact) mass is 500 g/mol. The number of hydrogen-bond acceptors (Lipinski definition) is 9. The maximum absolute atomic E-state index is 13.4. The molecule has 1 aliphatic carbocycles. The molecule has 3 heterocycles. The van der Waals surface area contributed by atoms with E-state index in [1.54, 1.807) is 19.0 Å². The van der Waals surface area contributed by atoms with Gasteiger partial charge in [0.2, 0.25) is 11.8 Å². The normalized spacial score (nSPS) is 28.7. The van der Waals surface area contributed by atoms with Crippen molar-refractivity contribution < 1.29 is 18.9 Å². The zero-order valence-electron chi connectivity index (χ0n) is 20.1. The number of carbonyl (C=O) groups is 2. The van der Waals surface area contributed by atoms with Gasteiger partial charge in [-0.25, -0.2) is 0 Å². The molecule has 2 N–H and O–H groups in total. The highest BCUT2D eigenvalue weighted by molar-refractivity contribution is 7.94. The molecule has 2 amide bonds. The van der Waals surface area contributed by atoms with Crippen molar-refractivity contribution >= 4 is 23.9 Å². The molecule has 0 radical (unpaired) electrons. The van der Waals surface area contributed by atoms with Crippen LogP contribution in [0.5, 0.6) is 0 Å². The van der Waals surface area contributed by atoms with Gasteiger partial charge in [-0.05, 0) is 55.4 Å². The van der Waals surface area contributed by atoms with E-state index in [-0.39, 0.29) is 36.0 Å². The van der Waals surface area contributed by atoms with Gasteiger partial charge in [-0.1, -0.05) is 6.07 Å². The topological polar surface area (TPSA) is 115 Å². The molecule has 11 heteroatoms. The SMILES string of the molecule is CN(C)OOSc1ccc2c(c1)CC[C@@H]2N1C(=O)[C@@H]2C[C@H]1CN2C[C@H](N)C(=O)N1CCC[C@H]1C#N. The quantitative estimate of drug-likeness (QED) is 0.320. The number of nitriles is 1. The van der Waals surface area contributed by atoms with Crippen LogP contribution in [0.2, 0.25) is 0 Å². The predicted molar refractivity (Wildman–Crippen MR) is 128 cm³/mol. The molecule has 2 bridgehead atoms. The third-order valence-electron chi connectivity index (χ3n) is 7.55. The number of hydrogen-bond donors (Lipinski definition) is 1. The lowest BCUT2D eigenvalue weighted by molar-refractivity contribution is -0.340. The van der Waals surface area contributed by atoms with Crippen molar-refractivity contribution in [1.29, 1.82) is 5.26 Å². The maximum Gasteiger partial charge on any atom is 0.241 e. The van der Waals surface area contributed by atoms with Gasteiger partial charge in [0.1, 0.15) is 6.04 Å². The Morgan fingerprint density at radius 1 is 1.34 bits per heavy atom. The van der Waals surface area contributed by atoms with Crippen molar-refractivity contribution in [3.63, 3.8) is 0 Å². The first kappa shape index (κ1) is 24.5. The number of aryl methyl sites for hydroxylation is 1. The Labute approximate surface area is 210 Å². The van der Waals surface area contributed by atoms with Crippen LogP contribution in [-0.2, 0) is 25.3 Å². The number of nitrogens with zero attached hydrogens (tertiary/aromatic N) is 5. The summed E-state index contributed by atoms with van der Waals surface area (Å²) >= 11 is 1.17. The first-order valence-electron chi connectivity index (χ1n) is 12.2. The molecule has 3 aliphatic heterocycles.